The summed E-state index contributed by atoms with van der Waals surface area (Å²) in [7, 11) is 4.73. The van der Waals surface area contributed by atoms with E-state index in [1.165, 1.54) is 6.42 Å². The first-order chi connectivity index (χ1) is 11.2. The van der Waals surface area contributed by atoms with E-state index in [1.54, 1.807) is 21.3 Å². The van der Waals surface area contributed by atoms with Gasteiger partial charge in [-0.05, 0) is 49.8 Å². The Hall–Kier alpha value is -1.91. The Morgan fingerprint density at radius 1 is 1.00 bits per heavy atom. The van der Waals surface area contributed by atoms with Crippen LogP contribution in [0.3, 0.4) is 0 Å². The highest BCUT2D eigenvalue weighted by molar-refractivity contribution is 5.70. The number of aryl methyl sites for hydroxylation is 1. The van der Waals surface area contributed by atoms with Crippen molar-refractivity contribution < 1.29 is 23.7 Å². The van der Waals surface area contributed by atoms with Crippen LogP contribution < -0.4 is 14.2 Å². The minimum atomic E-state index is -0.134. The van der Waals surface area contributed by atoms with Crippen LogP contribution in [0.4, 0.5) is 0 Å². The molecule has 5 nitrogen and oxygen atoms in total. The molecule has 5 heteroatoms. The molecule has 0 radical (unpaired) electrons. The van der Waals surface area contributed by atoms with Crippen LogP contribution in [0.2, 0.25) is 0 Å². The predicted molar refractivity (Wildman–Crippen MR) is 87.4 cm³/mol. The lowest BCUT2D eigenvalue weighted by Gasteiger charge is -2.21. The molecule has 1 saturated carbocycles. The zero-order valence-corrected chi connectivity index (χ0v) is 14.2. The second-order valence-electron chi connectivity index (χ2n) is 5.78. The first-order valence-electron chi connectivity index (χ1n) is 8.16. The number of methoxy groups -OCH3 is 3. The number of hydrogen-bond acceptors (Lipinski definition) is 5. The number of carbonyl (C=O) groups is 1. The highest BCUT2D eigenvalue weighted by atomic mass is 16.5. The zero-order valence-electron chi connectivity index (χ0n) is 14.2. The summed E-state index contributed by atoms with van der Waals surface area (Å²) >= 11 is 0. The van der Waals surface area contributed by atoms with Crippen LogP contribution in [0, 0.1) is 0 Å². The number of benzene rings is 1. The van der Waals surface area contributed by atoms with E-state index in [1.807, 2.05) is 12.1 Å². The lowest BCUT2D eigenvalue weighted by atomic mass is 9.98. The summed E-state index contributed by atoms with van der Waals surface area (Å²) in [5.41, 5.74) is 0.958. The summed E-state index contributed by atoms with van der Waals surface area (Å²) < 4.78 is 21.5. The summed E-state index contributed by atoms with van der Waals surface area (Å²) in [6.45, 7) is 0. The van der Waals surface area contributed by atoms with Crippen LogP contribution in [0.5, 0.6) is 17.2 Å². The van der Waals surface area contributed by atoms with Crippen molar-refractivity contribution in [2.75, 3.05) is 21.3 Å². The molecule has 0 bridgehead atoms. The van der Waals surface area contributed by atoms with Crippen molar-refractivity contribution in [1.29, 1.82) is 0 Å². The van der Waals surface area contributed by atoms with Gasteiger partial charge in [-0.15, -0.1) is 0 Å². The molecule has 1 aromatic carbocycles. The van der Waals surface area contributed by atoms with E-state index in [4.69, 9.17) is 18.9 Å². The van der Waals surface area contributed by atoms with Gasteiger partial charge < -0.3 is 18.9 Å². The van der Waals surface area contributed by atoms with Gasteiger partial charge in [0.25, 0.3) is 0 Å². The maximum Gasteiger partial charge on any atom is 0.306 e. The maximum absolute atomic E-state index is 12.0. The first kappa shape index (κ1) is 17.4. The van der Waals surface area contributed by atoms with Crippen molar-refractivity contribution in [2.24, 2.45) is 0 Å². The van der Waals surface area contributed by atoms with Gasteiger partial charge in [0, 0.05) is 6.42 Å². The minimum absolute atomic E-state index is 0.108. The predicted octanol–water partition coefficient (Wildman–Crippen LogP) is 3.52. The van der Waals surface area contributed by atoms with E-state index in [0.29, 0.717) is 30.1 Å². The molecule has 0 N–H and O–H groups in total. The van der Waals surface area contributed by atoms with E-state index < -0.39 is 0 Å². The van der Waals surface area contributed by atoms with Crippen molar-refractivity contribution in [2.45, 2.75) is 51.0 Å². The number of carbonyl (C=O) groups excluding carboxylic acids is 1. The van der Waals surface area contributed by atoms with Crippen molar-refractivity contribution in [3.05, 3.63) is 17.7 Å². The zero-order chi connectivity index (χ0) is 16.7. The number of hydrogen-bond donors (Lipinski definition) is 0. The van der Waals surface area contributed by atoms with Gasteiger partial charge in [0.1, 0.15) is 6.10 Å². The van der Waals surface area contributed by atoms with Crippen LogP contribution in [-0.4, -0.2) is 33.4 Å². The lowest BCUT2D eigenvalue weighted by Crippen LogP contribution is -2.21. The smallest absolute Gasteiger partial charge is 0.306 e. The molecule has 0 atom stereocenters. The molecule has 0 aromatic heterocycles. The molecule has 1 aliphatic carbocycles. The quantitative estimate of drug-likeness (QED) is 0.719. The Kier molecular flexibility index (Phi) is 6.56. The second-order valence-corrected chi connectivity index (χ2v) is 5.78. The Morgan fingerprint density at radius 2 is 1.61 bits per heavy atom. The summed E-state index contributed by atoms with van der Waals surface area (Å²) in [4.78, 5) is 12.0. The molecule has 0 saturated heterocycles. The molecule has 1 aliphatic rings. The second kappa shape index (κ2) is 8.65. The first-order valence-corrected chi connectivity index (χ1v) is 8.16. The van der Waals surface area contributed by atoms with Crippen molar-refractivity contribution in [3.63, 3.8) is 0 Å². The largest absolute Gasteiger partial charge is 0.493 e. The van der Waals surface area contributed by atoms with Crippen LogP contribution in [0.1, 0.15) is 44.1 Å². The Bertz CT molecular complexity index is 495. The molecule has 0 aliphatic heterocycles. The Labute approximate surface area is 137 Å². The standard InChI is InChI=1S/C18H26O5/c1-20-15-11-13(12-16(21-2)18(15)22-3)9-10-17(19)23-14-7-5-4-6-8-14/h11-12,14H,4-10H2,1-3H3. The highest BCUT2D eigenvalue weighted by Crippen LogP contribution is 2.38. The van der Waals surface area contributed by atoms with Gasteiger partial charge in [-0.2, -0.15) is 0 Å². The summed E-state index contributed by atoms with van der Waals surface area (Å²) in [6, 6.07) is 3.74. The average Bonchev–Trinajstić information content (AvgIpc) is 2.59. The average molecular weight is 322 g/mol. The SMILES string of the molecule is COc1cc(CCC(=O)OC2CCCCC2)cc(OC)c1OC. The van der Waals surface area contributed by atoms with Crippen LogP contribution in [-0.2, 0) is 16.0 Å². The fourth-order valence-electron chi connectivity index (χ4n) is 2.95. The number of rotatable bonds is 7. The van der Waals surface area contributed by atoms with Gasteiger partial charge in [-0.3, -0.25) is 4.79 Å². The fraction of sp³-hybridized carbons (Fsp3) is 0.611. The van der Waals surface area contributed by atoms with Gasteiger partial charge in [0.05, 0.1) is 21.3 Å². The van der Waals surface area contributed by atoms with Gasteiger partial charge >= 0.3 is 5.97 Å². The molecule has 0 spiro atoms. The van der Waals surface area contributed by atoms with Gasteiger partial charge in [-0.1, -0.05) is 6.42 Å². The monoisotopic (exact) mass is 322 g/mol. The van der Waals surface area contributed by atoms with Crippen LogP contribution >= 0.6 is 0 Å². The molecule has 128 valence electrons. The topological polar surface area (TPSA) is 54.0 Å². The fourth-order valence-corrected chi connectivity index (χ4v) is 2.95. The molecular weight excluding hydrogens is 296 g/mol. The lowest BCUT2D eigenvalue weighted by molar-refractivity contribution is -0.150. The van der Waals surface area contributed by atoms with E-state index in [9.17, 15) is 4.79 Å². The number of ether oxygens (including phenoxy) is 4. The van der Waals surface area contributed by atoms with E-state index in [0.717, 1.165) is 31.2 Å². The molecule has 2 rings (SSSR count). The van der Waals surface area contributed by atoms with E-state index >= 15 is 0 Å². The maximum atomic E-state index is 12.0. The third kappa shape index (κ3) is 4.78. The molecule has 0 unspecified atom stereocenters. The Morgan fingerprint density at radius 3 is 2.13 bits per heavy atom. The molecule has 0 amide bonds. The summed E-state index contributed by atoms with van der Waals surface area (Å²) in [6.07, 6.45) is 6.61. The van der Waals surface area contributed by atoms with Crippen molar-refractivity contribution in [3.8, 4) is 17.2 Å². The highest BCUT2D eigenvalue weighted by Gasteiger charge is 2.18. The third-order valence-corrected chi connectivity index (χ3v) is 4.19. The summed E-state index contributed by atoms with van der Waals surface area (Å²) in [5, 5.41) is 0. The van der Waals surface area contributed by atoms with Gasteiger partial charge in [0.15, 0.2) is 11.5 Å². The van der Waals surface area contributed by atoms with Crippen LogP contribution in [0.15, 0.2) is 12.1 Å². The molecule has 23 heavy (non-hydrogen) atoms. The molecule has 1 aromatic rings. The molecule has 1 fully saturated rings. The third-order valence-electron chi connectivity index (χ3n) is 4.19. The van der Waals surface area contributed by atoms with Crippen LogP contribution in [0.25, 0.3) is 0 Å². The Balaban J connectivity index is 1.95. The van der Waals surface area contributed by atoms with Gasteiger partial charge in [-0.25, -0.2) is 0 Å². The van der Waals surface area contributed by atoms with E-state index in [-0.39, 0.29) is 12.1 Å². The minimum Gasteiger partial charge on any atom is -0.493 e. The van der Waals surface area contributed by atoms with Crippen molar-refractivity contribution >= 4 is 5.97 Å². The van der Waals surface area contributed by atoms with E-state index in [2.05, 4.69) is 0 Å². The normalized spacial score (nSPS) is 15.1. The number of esters is 1. The van der Waals surface area contributed by atoms with Crippen molar-refractivity contribution in [1.82, 2.24) is 0 Å². The molecular formula is C18H26O5. The summed E-state index contributed by atoms with van der Waals surface area (Å²) in [5.74, 6) is 1.62. The van der Waals surface area contributed by atoms with Gasteiger partial charge in [0.2, 0.25) is 5.75 Å². The molecule has 0 heterocycles.